The van der Waals surface area contributed by atoms with Gasteiger partial charge in [0.1, 0.15) is 0 Å². The Morgan fingerprint density at radius 1 is 0.920 bits per heavy atom. The topological polar surface area (TPSA) is 49.4 Å². The predicted molar refractivity (Wildman–Crippen MR) is 101 cm³/mol. The third kappa shape index (κ3) is 4.48. The number of nitrogens with one attached hydrogen (secondary N) is 1. The highest BCUT2D eigenvalue weighted by Crippen LogP contribution is 2.23. The Labute approximate surface area is 150 Å². The number of aryl methyl sites for hydroxylation is 1. The van der Waals surface area contributed by atoms with Gasteiger partial charge in [0.2, 0.25) is 10.0 Å². The Hall–Kier alpha value is -1.69. The summed E-state index contributed by atoms with van der Waals surface area (Å²) < 4.78 is 27.6. The van der Waals surface area contributed by atoms with Crippen LogP contribution < -0.4 is 5.32 Å². The Morgan fingerprint density at radius 3 is 2.32 bits per heavy atom. The van der Waals surface area contributed by atoms with Crippen molar-refractivity contribution >= 4 is 10.0 Å². The summed E-state index contributed by atoms with van der Waals surface area (Å²) in [5.74, 6) is 0. The monoisotopic (exact) mass is 358 g/mol. The van der Waals surface area contributed by atoms with Gasteiger partial charge in [-0.2, -0.15) is 4.31 Å². The van der Waals surface area contributed by atoms with Gasteiger partial charge in [-0.1, -0.05) is 54.4 Å². The highest BCUT2D eigenvalue weighted by molar-refractivity contribution is 7.89. The molecule has 1 aliphatic rings. The van der Waals surface area contributed by atoms with E-state index in [1.54, 1.807) is 16.4 Å². The van der Waals surface area contributed by atoms with Crippen molar-refractivity contribution in [3.8, 4) is 0 Å². The average molecular weight is 359 g/mol. The molecule has 0 radical (unpaired) electrons. The standard InChI is InChI=1S/C20H26N2O2S/c1-17-9-11-18(12-10-17)15-21-16-19-7-3-4-8-20(19)25(23,24)22-13-5-2-6-14-22/h3-4,7-12,21H,2,5-6,13-16H2,1H3. The van der Waals surface area contributed by atoms with E-state index >= 15 is 0 Å². The number of piperidine rings is 1. The van der Waals surface area contributed by atoms with Gasteiger partial charge < -0.3 is 5.32 Å². The molecule has 0 bridgehead atoms. The van der Waals surface area contributed by atoms with Crippen LogP contribution >= 0.6 is 0 Å². The molecule has 0 unspecified atom stereocenters. The number of benzene rings is 2. The van der Waals surface area contributed by atoms with Gasteiger partial charge in [0.15, 0.2) is 0 Å². The van der Waals surface area contributed by atoms with E-state index in [1.807, 2.05) is 12.1 Å². The first-order chi connectivity index (χ1) is 12.1. The second-order valence-electron chi connectivity index (χ2n) is 6.66. The molecule has 1 heterocycles. The Bertz CT molecular complexity index is 795. The van der Waals surface area contributed by atoms with Gasteiger partial charge in [-0.25, -0.2) is 8.42 Å². The quantitative estimate of drug-likeness (QED) is 0.860. The third-order valence-corrected chi connectivity index (χ3v) is 6.67. The molecule has 0 spiro atoms. The summed E-state index contributed by atoms with van der Waals surface area (Å²) in [4.78, 5) is 0.438. The van der Waals surface area contributed by atoms with Gasteiger partial charge in [0.25, 0.3) is 0 Å². The van der Waals surface area contributed by atoms with Crippen molar-refractivity contribution in [1.29, 1.82) is 0 Å². The normalized spacial score (nSPS) is 16.0. The lowest BCUT2D eigenvalue weighted by atomic mass is 10.1. The third-order valence-electron chi connectivity index (χ3n) is 4.67. The Morgan fingerprint density at radius 2 is 1.60 bits per heavy atom. The molecule has 2 aromatic rings. The fraction of sp³-hybridized carbons (Fsp3) is 0.400. The molecule has 1 aliphatic heterocycles. The van der Waals surface area contributed by atoms with E-state index in [0.29, 0.717) is 24.5 Å². The number of rotatable bonds is 6. The molecule has 1 N–H and O–H groups in total. The van der Waals surface area contributed by atoms with Crippen molar-refractivity contribution < 1.29 is 8.42 Å². The van der Waals surface area contributed by atoms with Crippen LogP contribution in [0.3, 0.4) is 0 Å². The van der Waals surface area contributed by atoms with E-state index in [0.717, 1.165) is 31.4 Å². The van der Waals surface area contributed by atoms with Crippen molar-refractivity contribution in [2.45, 2.75) is 44.2 Å². The van der Waals surface area contributed by atoms with Crippen LogP contribution in [0.5, 0.6) is 0 Å². The zero-order chi connectivity index (χ0) is 17.7. The number of nitrogens with zero attached hydrogens (tertiary/aromatic N) is 1. The van der Waals surface area contributed by atoms with E-state index in [-0.39, 0.29) is 0 Å². The molecule has 3 rings (SSSR count). The van der Waals surface area contributed by atoms with E-state index in [2.05, 4.69) is 36.5 Å². The molecular formula is C20H26N2O2S. The average Bonchev–Trinajstić information content (AvgIpc) is 2.64. The zero-order valence-electron chi connectivity index (χ0n) is 14.7. The Balaban J connectivity index is 1.71. The van der Waals surface area contributed by atoms with Crippen LogP contribution in [0.4, 0.5) is 0 Å². The summed E-state index contributed by atoms with van der Waals surface area (Å²) in [6.45, 7) is 4.59. The summed E-state index contributed by atoms with van der Waals surface area (Å²) in [5.41, 5.74) is 3.27. The molecule has 0 amide bonds. The molecule has 0 atom stereocenters. The molecule has 134 valence electrons. The number of hydrogen-bond donors (Lipinski definition) is 1. The van der Waals surface area contributed by atoms with Gasteiger partial charge >= 0.3 is 0 Å². The molecule has 0 aromatic heterocycles. The maximum absolute atomic E-state index is 13.0. The van der Waals surface area contributed by atoms with E-state index < -0.39 is 10.0 Å². The van der Waals surface area contributed by atoms with Gasteiger partial charge in [-0.05, 0) is 37.0 Å². The molecule has 4 nitrogen and oxygen atoms in total. The van der Waals surface area contributed by atoms with Crippen LogP contribution in [0.2, 0.25) is 0 Å². The van der Waals surface area contributed by atoms with Crippen molar-refractivity contribution in [1.82, 2.24) is 9.62 Å². The van der Waals surface area contributed by atoms with Crippen molar-refractivity contribution in [3.63, 3.8) is 0 Å². The highest BCUT2D eigenvalue weighted by Gasteiger charge is 2.27. The molecular weight excluding hydrogens is 332 g/mol. The summed E-state index contributed by atoms with van der Waals surface area (Å²) in [7, 11) is -3.40. The van der Waals surface area contributed by atoms with Crippen molar-refractivity contribution in [2.75, 3.05) is 13.1 Å². The highest BCUT2D eigenvalue weighted by atomic mass is 32.2. The minimum Gasteiger partial charge on any atom is -0.309 e. The van der Waals surface area contributed by atoms with Gasteiger partial charge in [0.05, 0.1) is 4.90 Å². The molecule has 0 aliphatic carbocycles. The summed E-state index contributed by atoms with van der Waals surface area (Å²) in [5, 5.41) is 3.37. The van der Waals surface area contributed by atoms with Crippen molar-refractivity contribution in [3.05, 3.63) is 65.2 Å². The first-order valence-corrected chi connectivity index (χ1v) is 10.4. The number of hydrogen-bond acceptors (Lipinski definition) is 3. The minimum absolute atomic E-state index is 0.438. The van der Waals surface area contributed by atoms with E-state index in [1.165, 1.54) is 11.1 Å². The number of sulfonamides is 1. The molecule has 2 aromatic carbocycles. The van der Waals surface area contributed by atoms with Crippen LogP contribution in [-0.2, 0) is 23.1 Å². The molecule has 1 fully saturated rings. The second kappa shape index (κ2) is 8.13. The smallest absolute Gasteiger partial charge is 0.243 e. The first-order valence-electron chi connectivity index (χ1n) is 8.92. The zero-order valence-corrected chi connectivity index (χ0v) is 15.6. The lowest BCUT2D eigenvalue weighted by molar-refractivity contribution is 0.346. The lowest BCUT2D eigenvalue weighted by Crippen LogP contribution is -2.36. The van der Waals surface area contributed by atoms with Crippen LogP contribution in [0, 0.1) is 6.92 Å². The molecule has 0 saturated carbocycles. The second-order valence-corrected chi connectivity index (χ2v) is 8.57. The van der Waals surface area contributed by atoms with Gasteiger partial charge in [-0.15, -0.1) is 0 Å². The molecule has 25 heavy (non-hydrogen) atoms. The minimum atomic E-state index is -3.40. The van der Waals surface area contributed by atoms with Crippen LogP contribution in [-0.4, -0.2) is 25.8 Å². The predicted octanol–water partition coefficient (Wildman–Crippen LogP) is 3.46. The molecule has 5 heteroatoms. The summed E-state index contributed by atoms with van der Waals surface area (Å²) in [6.07, 6.45) is 3.02. The maximum Gasteiger partial charge on any atom is 0.243 e. The van der Waals surface area contributed by atoms with Crippen LogP contribution in [0.15, 0.2) is 53.4 Å². The molecule has 1 saturated heterocycles. The largest absolute Gasteiger partial charge is 0.309 e. The van der Waals surface area contributed by atoms with Gasteiger partial charge in [-0.3, -0.25) is 0 Å². The van der Waals surface area contributed by atoms with E-state index in [9.17, 15) is 8.42 Å². The van der Waals surface area contributed by atoms with Crippen molar-refractivity contribution in [2.24, 2.45) is 0 Å². The summed E-state index contributed by atoms with van der Waals surface area (Å²) in [6, 6.07) is 15.7. The summed E-state index contributed by atoms with van der Waals surface area (Å²) >= 11 is 0. The maximum atomic E-state index is 13.0. The Kier molecular flexibility index (Phi) is 5.89. The first kappa shape index (κ1) is 18.1. The van der Waals surface area contributed by atoms with Crippen LogP contribution in [0.25, 0.3) is 0 Å². The lowest BCUT2D eigenvalue weighted by Gasteiger charge is -2.26. The van der Waals surface area contributed by atoms with Crippen LogP contribution in [0.1, 0.15) is 36.0 Å². The van der Waals surface area contributed by atoms with E-state index in [4.69, 9.17) is 0 Å². The SMILES string of the molecule is Cc1ccc(CNCc2ccccc2S(=O)(=O)N2CCCCC2)cc1. The fourth-order valence-electron chi connectivity index (χ4n) is 3.19. The fourth-order valence-corrected chi connectivity index (χ4v) is 4.93. The van der Waals surface area contributed by atoms with Gasteiger partial charge in [0, 0.05) is 26.2 Å².